The summed E-state index contributed by atoms with van der Waals surface area (Å²) in [6, 6.07) is 16.8. The van der Waals surface area contributed by atoms with Crippen LogP contribution in [0.25, 0.3) is 11.3 Å². The second kappa shape index (κ2) is 8.04. The number of halogens is 1. The molecule has 1 N–H and O–H groups in total. The van der Waals surface area contributed by atoms with Crippen LogP contribution < -0.4 is 5.32 Å². The van der Waals surface area contributed by atoms with Gasteiger partial charge in [-0.05, 0) is 48.5 Å². The number of rotatable bonds is 6. The van der Waals surface area contributed by atoms with Crippen LogP contribution in [0.2, 0.25) is 5.02 Å². The number of nitrogens with one attached hydrogen (secondary N) is 1. The van der Waals surface area contributed by atoms with E-state index < -0.39 is 0 Å². The quantitative estimate of drug-likeness (QED) is 0.663. The fourth-order valence-electron chi connectivity index (χ4n) is 2.05. The van der Waals surface area contributed by atoms with Crippen LogP contribution in [0.4, 0.5) is 0 Å². The standard InChI is InChI=1S/C18H15ClN2O2S/c19-14-6-4-13(5-7-14)16-9-8-15(23-16)11-21-17(22)12-24-18-3-1-2-10-20-18/h1-10H,11-12H2,(H,21,22). The van der Waals surface area contributed by atoms with E-state index in [1.165, 1.54) is 11.8 Å². The lowest BCUT2D eigenvalue weighted by molar-refractivity contribution is -0.118. The van der Waals surface area contributed by atoms with Crippen LogP contribution in [0.5, 0.6) is 0 Å². The number of hydrogen-bond donors (Lipinski definition) is 1. The molecular weight excluding hydrogens is 344 g/mol. The molecule has 0 fully saturated rings. The van der Waals surface area contributed by atoms with Crippen LogP contribution >= 0.6 is 23.4 Å². The third kappa shape index (κ3) is 4.63. The third-order valence-electron chi connectivity index (χ3n) is 3.24. The Kier molecular flexibility index (Phi) is 5.56. The number of benzene rings is 1. The van der Waals surface area contributed by atoms with E-state index in [1.807, 2.05) is 54.6 Å². The van der Waals surface area contributed by atoms with Crippen molar-refractivity contribution in [3.05, 3.63) is 71.6 Å². The highest BCUT2D eigenvalue weighted by Gasteiger charge is 2.07. The van der Waals surface area contributed by atoms with Gasteiger partial charge in [-0.25, -0.2) is 4.98 Å². The summed E-state index contributed by atoms with van der Waals surface area (Å²) in [5.74, 6) is 1.71. The van der Waals surface area contributed by atoms with Gasteiger partial charge in [0, 0.05) is 16.8 Å². The number of amides is 1. The monoisotopic (exact) mass is 358 g/mol. The number of carbonyl (C=O) groups is 1. The number of carbonyl (C=O) groups excluding carboxylic acids is 1. The predicted molar refractivity (Wildman–Crippen MR) is 96.0 cm³/mol. The second-order valence-corrected chi connectivity index (χ2v) is 6.44. The maximum absolute atomic E-state index is 11.9. The van der Waals surface area contributed by atoms with Crippen LogP contribution in [0, 0.1) is 0 Å². The van der Waals surface area contributed by atoms with Gasteiger partial charge in [-0.3, -0.25) is 4.79 Å². The van der Waals surface area contributed by atoms with Crippen molar-refractivity contribution in [2.24, 2.45) is 0 Å². The van der Waals surface area contributed by atoms with Crippen LogP contribution in [-0.4, -0.2) is 16.6 Å². The fourth-order valence-corrected chi connectivity index (χ4v) is 2.87. The van der Waals surface area contributed by atoms with Gasteiger partial charge in [-0.2, -0.15) is 0 Å². The molecule has 6 heteroatoms. The van der Waals surface area contributed by atoms with E-state index in [0.717, 1.165) is 16.3 Å². The molecule has 0 spiro atoms. The molecule has 0 aliphatic heterocycles. The lowest BCUT2D eigenvalue weighted by Crippen LogP contribution is -2.24. The summed E-state index contributed by atoms with van der Waals surface area (Å²) in [5, 5.41) is 4.35. The van der Waals surface area contributed by atoms with Gasteiger partial charge in [-0.15, -0.1) is 0 Å². The zero-order chi connectivity index (χ0) is 16.8. The Bertz CT molecular complexity index is 803. The van der Waals surface area contributed by atoms with Crippen LogP contribution in [0.1, 0.15) is 5.76 Å². The largest absolute Gasteiger partial charge is 0.459 e. The molecule has 3 rings (SSSR count). The highest BCUT2D eigenvalue weighted by molar-refractivity contribution is 7.99. The average molecular weight is 359 g/mol. The summed E-state index contributed by atoms with van der Waals surface area (Å²) in [5.41, 5.74) is 0.947. The Morgan fingerprint density at radius 2 is 1.96 bits per heavy atom. The fraction of sp³-hybridized carbons (Fsp3) is 0.111. The van der Waals surface area contributed by atoms with E-state index in [1.54, 1.807) is 6.20 Å². The van der Waals surface area contributed by atoms with Crippen LogP contribution in [0.15, 0.2) is 70.2 Å². The number of pyridine rings is 1. The molecule has 1 amide bonds. The zero-order valence-corrected chi connectivity index (χ0v) is 14.3. The Balaban J connectivity index is 1.50. The Morgan fingerprint density at radius 1 is 1.12 bits per heavy atom. The minimum atomic E-state index is -0.0601. The molecule has 0 radical (unpaired) electrons. The molecule has 122 valence electrons. The molecule has 24 heavy (non-hydrogen) atoms. The van der Waals surface area contributed by atoms with E-state index in [4.69, 9.17) is 16.0 Å². The van der Waals surface area contributed by atoms with Crippen molar-refractivity contribution in [3.63, 3.8) is 0 Å². The number of nitrogens with zero attached hydrogens (tertiary/aromatic N) is 1. The van der Waals surface area contributed by atoms with Crippen molar-refractivity contribution in [1.29, 1.82) is 0 Å². The van der Waals surface area contributed by atoms with E-state index in [0.29, 0.717) is 23.1 Å². The normalized spacial score (nSPS) is 10.5. The molecular formula is C18H15ClN2O2S. The first-order valence-corrected chi connectivity index (χ1v) is 8.72. The van der Waals surface area contributed by atoms with E-state index in [-0.39, 0.29) is 5.91 Å². The topological polar surface area (TPSA) is 55.1 Å². The summed E-state index contributed by atoms with van der Waals surface area (Å²) in [6.45, 7) is 0.356. The lowest BCUT2D eigenvalue weighted by atomic mass is 10.2. The van der Waals surface area contributed by atoms with E-state index >= 15 is 0 Å². The van der Waals surface area contributed by atoms with Gasteiger partial charge in [0.2, 0.25) is 5.91 Å². The molecule has 0 aliphatic rings. The first-order chi connectivity index (χ1) is 11.7. The van der Waals surface area contributed by atoms with Gasteiger partial charge in [0.15, 0.2) is 0 Å². The lowest BCUT2D eigenvalue weighted by Gasteiger charge is -2.03. The predicted octanol–water partition coefficient (Wildman–Crippen LogP) is 4.40. The van der Waals surface area contributed by atoms with Gasteiger partial charge in [-0.1, -0.05) is 29.4 Å². The maximum Gasteiger partial charge on any atom is 0.230 e. The molecule has 2 aromatic heterocycles. The third-order valence-corrected chi connectivity index (χ3v) is 4.43. The first-order valence-electron chi connectivity index (χ1n) is 7.36. The summed E-state index contributed by atoms with van der Waals surface area (Å²) in [4.78, 5) is 16.1. The Morgan fingerprint density at radius 3 is 2.71 bits per heavy atom. The molecule has 0 saturated heterocycles. The molecule has 4 nitrogen and oxygen atoms in total. The number of thioether (sulfide) groups is 1. The number of furan rings is 1. The summed E-state index contributed by atoms with van der Waals surface area (Å²) in [6.07, 6.45) is 1.71. The minimum Gasteiger partial charge on any atom is -0.459 e. The maximum atomic E-state index is 11.9. The minimum absolute atomic E-state index is 0.0601. The van der Waals surface area contributed by atoms with Crippen molar-refractivity contribution < 1.29 is 9.21 Å². The number of hydrogen-bond acceptors (Lipinski definition) is 4. The molecule has 0 aliphatic carbocycles. The van der Waals surface area contributed by atoms with Crippen molar-refractivity contribution in [2.45, 2.75) is 11.6 Å². The van der Waals surface area contributed by atoms with Gasteiger partial charge in [0.05, 0.1) is 17.3 Å². The zero-order valence-electron chi connectivity index (χ0n) is 12.7. The smallest absolute Gasteiger partial charge is 0.230 e. The van der Waals surface area contributed by atoms with Crippen molar-refractivity contribution in [2.75, 3.05) is 5.75 Å². The van der Waals surface area contributed by atoms with Gasteiger partial charge in [0.1, 0.15) is 11.5 Å². The SMILES string of the molecule is O=C(CSc1ccccn1)NCc1ccc(-c2ccc(Cl)cc2)o1. The molecule has 0 bridgehead atoms. The highest BCUT2D eigenvalue weighted by atomic mass is 35.5. The molecule has 3 aromatic rings. The molecule has 0 atom stereocenters. The highest BCUT2D eigenvalue weighted by Crippen LogP contribution is 2.23. The van der Waals surface area contributed by atoms with Crippen molar-refractivity contribution >= 4 is 29.3 Å². The summed E-state index contributed by atoms with van der Waals surface area (Å²) in [7, 11) is 0. The van der Waals surface area contributed by atoms with Gasteiger partial charge >= 0.3 is 0 Å². The number of aromatic nitrogens is 1. The Hall–Kier alpha value is -2.24. The van der Waals surface area contributed by atoms with E-state index in [2.05, 4.69) is 10.3 Å². The van der Waals surface area contributed by atoms with Crippen molar-refractivity contribution in [3.8, 4) is 11.3 Å². The Labute approximate surface area is 149 Å². The summed E-state index contributed by atoms with van der Waals surface area (Å²) < 4.78 is 5.75. The van der Waals surface area contributed by atoms with Crippen molar-refractivity contribution in [1.82, 2.24) is 10.3 Å². The first kappa shape index (κ1) is 16.6. The molecule has 2 heterocycles. The molecule has 0 saturated carbocycles. The van der Waals surface area contributed by atoms with Crippen LogP contribution in [0.3, 0.4) is 0 Å². The molecule has 1 aromatic carbocycles. The molecule has 0 unspecified atom stereocenters. The van der Waals surface area contributed by atoms with Crippen LogP contribution in [-0.2, 0) is 11.3 Å². The summed E-state index contributed by atoms with van der Waals surface area (Å²) >= 11 is 7.28. The average Bonchev–Trinajstić information content (AvgIpc) is 3.09. The second-order valence-electron chi connectivity index (χ2n) is 5.01. The van der Waals surface area contributed by atoms with Gasteiger partial charge < -0.3 is 9.73 Å². The van der Waals surface area contributed by atoms with Gasteiger partial charge in [0.25, 0.3) is 0 Å². The van der Waals surface area contributed by atoms with E-state index in [9.17, 15) is 4.79 Å².